The van der Waals surface area contributed by atoms with Crippen molar-refractivity contribution in [2.45, 2.75) is 5.92 Å². The Morgan fingerprint density at radius 2 is 1.93 bits per heavy atom. The molecule has 1 aliphatic rings. The molecule has 0 spiro atoms. The molecule has 2 aromatic rings. The lowest BCUT2D eigenvalue weighted by Crippen LogP contribution is -2.38. The number of para-hydroxylation sites is 1. The summed E-state index contributed by atoms with van der Waals surface area (Å²) in [4.78, 5) is 51.4. The van der Waals surface area contributed by atoms with E-state index in [4.69, 9.17) is 4.74 Å². The number of carbonyl (C=O) groups excluding carboxylic acids is 1. The molecule has 2 N–H and O–H groups in total. The molecule has 1 aromatic carbocycles. The van der Waals surface area contributed by atoms with Crippen LogP contribution < -0.4 is 16.0 Å². The number of ether oxygens (including phenoxy) is 1. The van der Waals surface area contributed by atoms with Gasteiger partial charge in [-0.2, -0.15) is 0 Å². The number of carboxylic acids is 1. The number of aromatic nitrogens is 2. The summed E-state index contributed by atoms with van der Waals surface area (Å²) in [6.45, 7) is 0.0810. The van der Waals surface area contributed by atoms with Crippen LogP contribution in [0.1, 0.15) is 21.8 Å². The molecule has 0 unspecified atom stereocenters. The standard InChI is InChI=1S/C18H19N3O6/c1-20-7-13(15(22)19-18(20)26)16(23)21-8-11(12(9-21)17(24)25)10-5-3-4-6-14(10)27-2/h3-7,11-12H,8-9H2,1-2H3,(H,24,25)(H,19,22,26)/t11-,12+/m1/s1. The van der Waals surface area contributed by atoms with Crippen molar-refractivity contribution < 1.29 is 19.4 Å². The third-order valence-electron chi connectivity index (χ3n) is 4.80. The lowest BCUT2D eigenvalue weighted by molar-refractivity contribution is -0.141. The molecule has 142 valence electrons. The number of amides is 1. The fraction of sp³-hybridized carbons (Fsp3) is 0.333. The van der Waals surface area contributed by atoms with Gasteiger partial charge in [-0.3, -0.25) is 19.4 Å². The normalized spacial score (nSPS) is 19.1. The maximum Gasteiger partial charge on any atom is 0.328 e. The summed E-state index contributed by atoms with van der Waals surface area (Å²) in [5, 5.41) is 9.62. The van der Waals surface area contributed by atoms with E-state index in [0.29, 0.717) is 11.3 Å². The van der Waals surface area contributed by atoms with Crippen molar-refractivity contribution in [1.82, 2.24) is 14.5 Å². The zero-order valence-corrected chi connectivity index (χ0v) is 14.8. The molecular formula is C18H19N3O6. The minimum atomic E-state index is -1.03. The lowest BCUT2D eigenvalue weighted by Gasteiger charge is -2.18. The average molecular weight is 373 g/mol. The summed E-state index contributed by atoms with van der Waals surface area (Å²) < 4.78 is 6.42. The minimum absolute atomic E-state index is 0.0425. The molecule has 27 heavy (non-hydrogen) atoms. The zero-order valence-electron chi connectivity index (χ0n) is 14.8. The Morgan fingerprint density at radius 3 is 2.59 bits per heavy atom. The molecular weight excluding hydrogens is 354 g/mol. The maximum absolute atomic E-state index is 12.8. The number of H-pyrrole nitrogens is 1. The highest BCUT2D eigenvalue weighted by Crippen LogP contribution is 2.37. The van der Waals surface area contributed by atoms with Gasteiger partial charge in [-0.1, -0.05) is 18.2 Å². The number of hydrogen-bond acceptors (Lipinski definition) is 5. The first-order chi connectivity index (χ1) is 12.8. The van der Waals surface area contributed by atoms with Gasteiger partial charge in [0.05, 0.1) is 13.0 Å². The van der Waals surface area contributed by atoms with Crippen molar-refractivity contribution in [3.8, 4) is 5.75 Å². The van der Waals surface area contributed by atoms with Crippen LogP contribution in [-0.2, 0) is 11.8 Å². The number of hydrogen-bond donors (Lipinski definition) is 2. The summed E-state index contributed by atoms with van der Waals surface area (Å²) >= 11 is 0. The van der Waals surface area contributed by atoms with Crippen LogP contribution in [-0.4, -0.2) is 51.6 Å². The molecule has 2 heterocycles. The van der Waals surface area contributed by atoms with Gasteiger partial charge >= 0.3 is 11.7 Å². The van der Waals surface area contributed by atoms with Crippen molar-refractivity contribution in [2.24, 2.45) is 13.0 Å². The topological polar surface area (TPSA) is 122 Å². The Morgan fingerprint density at radius 1 is 1.22 bits per heavy atom. The van der Waals surface area contributed by atoms with Gasteiger partial charge in [-0.05, 0) is 11.6 Å². The second-order valence-corrected chi connectivity index (χ2v) is 6.42. The van der Waals surface area contributed by atoms with Crippen LogP contribution in [0.4, 0.5) is 0 Å². The van der Waals surface area contributed by atoms with Crippen molar-refractivity contribution in [3.05, 3.63) is 62.4 Å². The monoisotopic (exact) mass is 373 g/mol. The predicted octanol–water partition coefficient (Wildman–Crippen LogP) is 0.0226. The van der Waals surface area contributed by atoms with E-state index < -0.39 is 35.0 Å². The lowest BCUT2D eigenvalue weighted by atomic mass is 9.88. The van der Waals surface area contributed by atoms with Gasteiger partial charge < -0.3 is 19.3 Å². The van der Waals surface area contributed by atoms with Crippen LogP contribution >= 0.6 is 0 Å². The van der Waals surface area contributed by atoms with Crippen LogP contribution in [0.15, 0.2) is 40.1 Å². The molecule has 0 bridgehead atoms. The van der Waals surface area contributed by atoms with Gasteiger partial charge in [0.2, 0.25) is 0 Å². The molecule has 0 aliphatic carbocycles. The fourth-order valence-electron chi connectivity index (χ4n) is 3.39. The van der Waals surface area contributed by atoms with Gasteiger partial charge in [-0.25, -0.2) is 4.79 Å². The quantitative estimate of drug-likeness (QED) is 0.779. The first-order valence-electron chi connectivity index (χ1n) is 8.28. The summed E-state index contributed by atoms with van der Waals surface area (Å²) in [5.41, 5.74) is -0.942. The highest BCUT2D eigenvalue weighted by molar-refractivity contribution is 5.94. The van der Waals surface area contributed by atoms with Crippen molar-refractivity contribution >= 4 is 11.9 Å². The fourth-order valence-corrected chi connectivity index (χ4v) is 3.39. The van der Waals surface area contributed by atoms with E-state index in [-0.39, 0.29) is 18.7 Å². The number of aromatic amines is 1. The Bertz CT molecular complexity index is 1010. The minimum Gasteiger partial charge on any atom is -0.496 e. The number of nitrogens with one attached hydrogen (secondary N) is 1. The third-order valence-corrected chi connectivity index (χ3v) is 4.80. The molecule has 1 fully saturated rings. The Labute approximate surface area is 153 Å². The highest BCUT2D eigenvalue weighted by atomic mass is 16.5. The van der Waals surface area contributed by atoms with E-state index in [2.05, 4.69) is 4.98 Å². The zero-order chi connectivity index (χ0) is 19.7. The smallest absolute Gasteiger partial charge is 0.328 e. The largest absolute Gasteiger partial charge is 0.496 e. The molecule has 1 amide bonds. The van der Waals surface area contributed by atoms with Gasteiger partial charge in [0, 0.05) is 32.3 Å². The number of carboxylic acid groups (broad SMARTS) is 1. The van der Waals surface area contributed by atoms with E-state index in [1.165, 1.54) is 19.1 Å². The van der Waals surface area contributed by atoms with E-state index in [0.717, 1.165) is 10.8 Å². The van der Waals surface area contributed by atoms with Crippen molar-refractivity contribution in [1.29, 1.82) is 0 Å². The van der Waals surface area contributed by atoms with Crippen LogP contribution in [0.5, 0.6) is 5.75 Å². The summed E-state index contributed by atoms with van der Waals surface area (Å²) in [6.07, 6.45) is 1.16. The molecule has 3 rings (SSSR count). The molecule has 1 aliphatic heterocycles. The molecule has 1 saturated heterocycles. The second-order valence-electron chi connectivity index (χ2n) is 6.42. The van der Waals surface area contributed by atoms with Gasteiger partial charge in [0.25, 0.3) is 11.5 Å². The number of aliphatic carboxylic acids is 1. The van der Waals surface area contributed by atoms with Gasteiger partial charge in [-0.15, -0.1) is 0 Å². The second kappa shape index (κ2) is 7.10. The Balaban J connectivity index is 1.96. The molecule has 0 saturated carbocycles. The average Bonchev–Trinajstić information content (AvgIpc) is 3.09. The highest BCUT2D eigenvalue weighted by Gasteiger charge is 2.42. The van der Waals surface area contributed by atoms with Crippen molar-refractivity contribution in [2.75, 3.05) is 20.2 Å². The number of rotatable bonds is 4. The van der Waals surface area contributed by atoms with E-state index in [1.807, 2.05) is 0 Å². The number of likely N-dealkylation sites (tertiary alicyclic amines) is 1. The van der Waals surface area contributed by atoms with Gasteiger partial charge in [0.15, 0.2) is 0 Å². The van der Waals surface area contributed by atoms with Crippen molar-refractivity contribution in [3.63, 3.8) is 0 Å². The number of benzene rings is 1. The van der Waals surface area contributed by atoms with Crippen LogP contribution in [0.3, 0.4) is 0 Å². The molecule has 9 nitrogen and oxygen atoms in total. The summed E-state index contributed by atoms with van der Waals surface area (Å²) in [6, 6.07) is 7.06. The Kier molecular flexibility index (Phi) is 4.85. The SMILES string of the molecule is COc1ccccc1[C@H]1CN(C(=O)c2cn(C)c(=O)[nH]c2=O)C[C@@H]1C(=O)O. The third kappa shape index (κ3) is 3.35. The number of methoxy groups -OCH3 is 1. The maximum atomic E-state index is 12.8. The van der Waals surface area contributed by atoms with Crippen LogP contribution in [0, 0.1) is 5.92 Å². The van der Waals surface area contributed by atoms with Crippen LogP contribution in [0.2, 0.25) is 0 Å². The molecule has 1 aromatic heterocycles. The molecule has 0 radical (unpaired) electrons. The number of nitrogens with zero attached hydrogens (tertiary/aromatic N) is 2. The number of carbonyl (C=O) groups is 2. The van der Waals surface area contributed by atoms with Crippen LogP contribution in [0.25, 0.3) is 0 Å². The number of aryl methyl sites for hydroxylation is 1. The van der Waals surface area contributed by atoms with E-state index >= 15 is 0 Å². The molecule has 2 atom stereocenters. The Hall–Kier alpha value is -3.36. The van der Waals surface area contributed by atoms with E-state index in [1.54, 1.807) is 24.3 Å². The van der Waals surface area contributed by atoms with Gasteiger partial charge in [0.1, 0.15) is 11.3 Å². The van der Waals surface area contributed by atoms with E-state index in [9.17, 15) is 24.3 Å². The predicted molar refractivity (Wildman–Crippen MR) is 95.1 cm³/mol. The first-order valence-corrected chi connectivity index (χ1v) is 8.28. The summed E-state index contributed by atoms with van der Waals surface area (Å²) in [5.74, 6) is -2.42. The first kappa shape index (κ1) is 18.4. The molecule has 9 heteroatoms. The summed E-state index contributed by atoms with van der Waals surface area (Å²) in [7, 11) is 2.91.